The van der Waals surface area contributed by atoms with E-state index in [1.54, 1.807) is 0 Å². The molecule has 0 radical (unpaired) electrons. The maximum Gasteiger partial charge on any atom is 0.0507 e. The minimum atomic E-state index is 0.496. The topological polar surface area (TPSA) is 18.5 Å². The van der Waals surface area contributed by atoms with E-state index in [0.717, 1.165) is 5.92 Å². The van der Waals surface area contributed by atoms with Crippen molar-refractivity contribution in [1.82, 2.24) is 15.1 Å². The first kappa shape index (κ1) is 13.3. The largest absolute Gasteiger partial charge is 0.314 e. The predicted molar refractivity (Wildman–Crippen MR) is 73.1 cm³/mol. The van der Waals surface area contributed by atoms with E-state index in [0.29, 0.717) is 5.41 Å². The molecule has 0 amide bonds. The third-order valence-electron chi connectivity index (χ3n) is 3.88. The van der Waals surface area contributed by atoms with Gasteiger partial charge in [-0.3, -0.25) is 9.80 Å². The third kappa shape index (κ3) is 4.57. The SMILES string of the molecule is CC(C)(C)CC1CCN(CN2CCNCC2)C1. The maximum absolute atomic E-state index is 3.42. The van der Waals surface area contributed by atoms with Crippen LogP contribution in [0.3, 0.4) is 0 Å². The Hall–Kier alpha value is -0.120. The van der Waals surface area contributed by atoms with Crippen molar-refractivity contribution in [3.63, 3.8) is 0 Å². The Morgan fingerprint density at radius 3 is 2.41 bits per heavy atom. The lowest BCUT2D eigenvalue weighted by atomic mass is 9.84. The van der Waals surface area contributed by atoms with E-state index < -0.39 is 0 Å². The molecule has 2 heterocycles. The van der Waals surface area contributed by atoms with Crippen LogP contribution in [0.1, 0.15) is 33.6 Å². The van der Waals surface area contributed by atoms with E-state index in [1.165, 1.54) is 58.8 Å². The van der Waals surface area contributed by atoms with Crippen LogP contribution in [0.2, 0.25) is 0 Å². The minimum absolute atomic E-state index is 0.496. The summed E-state index contributed by atoms with van der Waals surface area (Å²) in [6.45, 7) is 15.7. The molecule has 0 spiro atoms. The van der Waals surface area contributed by atoms with Gasteiger partial charge < -0.3 is 5.32 Å². The second-order valence-electron chi connectivity index (χ2n) is 7.01. The fraction of sp³-hybridized carbons (Fsp3) is 1.00. The number of piperazine rings is 1. The number of hydrogen-bond acceptors (Lipinski definition) is 3. The zero-order valence-electron chi connectivity index (χ0n) is 11.8. The van der Waals surface area contributed by atoms with E-state index in [4.69, 9.17) is 0 Å². The second kappa shape index (κ2) is 5.68. The molecule has 1 N–H and O–H groups in total. The van der Waals surface area contributed by atoms with Gasteiger partial charge in [-0.2, -0.15) is 0 Å². The Bertz CT molecular complexity index is 228. The first-order valence-electron chi connectivity index (χ1n) is 7.18. The number of nitrogens with one attached hydrogen (secondary N) is 1. The molecule has 0 aromatic heterocycles. The molecule has 0 saturated carbocycles. The van der Waals surface area contributed by atoms with Crippen molar-refractivity contribution in [2.75, 3.05) is 45.9 Å². The summed E-state index contributed by atoms with van der Waals surface area (Å²) in [6, 6.07) is 0. The van der Waals surface area contributed by atoms with Crippen LogP contribution in [0.5, 0.6) is 0 Å². The molecule has 3 nitrogen and oxygen atoms in total. The van der Waals surface area contributed by atoms with Crippen LogP contribution < -0.4 is 5.32 Å². The van der Waals surface area contributed by atoms with Gasteiger partial charge in [0, 0.05) is 32.7 Å². The van der Waals surface area contributed by atoms with Crippen molar-refractivity contribution in [3.8, 4) is 0 Å². The summed E-state index contributed by atoms with van der Waals surface area (Å²) in [5.74, 6) is 0.929. The van der Waals surface area contributed by atoms with Crippen molar-refractivity contribution in [1.29, 1.82) is 0 Å². The molecule has 2 rings (SSSR count). The van der Waals surface area contributed by atoms with Gasteiger partial charge in [-0.05, 0) is 30.7 Å². The van der Waals surface area contributed by atoms with Gasteiger partial charge in [-0.15, -0.1) is 0 Å². The van der Waals surface area contributed by atoms with Crippen molar-refractivity contribution < 1.29 is 0 Å². The normalized spacial score (nSPS) is 28.8. The highest BCUT2D eigenvalue weighted by molar-refractivity contribution is 4.80. The molecule has 0 aliphatic carbocycles. The number of rotatable bonds is 3. The van der Waals surface area contributed by atoms with Crippen LogP contribution >= 0.6 is 0 Å². The van der Waals surface area contributed by atoms with Gasteiger partial charge in [0.25, 0.3) is 0 Å². The summed E-state index contributed by atoms with van der Waals surface area (Å²) >= 11 is 0. The van der Waals surface area contributed by atoms with Gasteiger partial charge in [0.05, 0.1) is 6.67 Å². The van der Waals surface area contributed by atoms with E-state index in [2.05, 4.69) is 35.9 Å². The second-order valence-corrected chi connectivity index (χ2v) is 7.01. The van der Waals surface area contributed by atoms with Gasteiger partial charge in [-0.25, -0.2) is 0 Å². The van der Waals surface area contributed by atoms with E-state index in [1.807, 2.05) is 0 Å². The lowest BCUT2D eigenvalue weighted by Crippen LogP contribution is -2.47. The molecule has 2 aliphatic rings. The van der Waals surface area contributed by atoms with Gasteiger partial charge in [-0.1, -0.05) is 20.8 Å². The van der Waals surface area contributed by atoms with Gasteiger partial charge in [0.1, 0.15) is 0 Å². The fourth-order valence-corrected chi connectivity index (χ4v) is 3.21. The molecule has 17 heavy (non-hydrogen) atoms. The average molecular weight is 239 g/mol. The first-order valence-corrected chi connectivity index (χ1v) is 7.18. The zero-order chi connectivity index (χ0) is 12.3. The smallest absolute Gasteiger partial charge is 0.0507 e. The predicted octanol–water partition coefficient (Wildman–Crippen LogP) is 1.61. The summed E-state index contributed by atoms with van der Waals surface area (Å²) in [5, 5.41) is 3.42. The molecule has 2 aliphatic heterocycles. The minimum Gasteiger partial charge on any atom is -0.314 e. The van der Waals surface area contributed by atoms with E-state index >= 15 is 0 Å². The highest BCUT2D eigenvalue weighted by Crippen LogP contribution is 2.30. The average Bonchev–Trinajstić information content (AvgIpc) is 2.64. The molecule has 2 saturated heterocycles. The van der Waals surface area contributed by atoms with Crippen LogP contribution in [-0.4, -0.2) is 55.7 Å². The Balaban J connectivity index is 1.70. The van der Waals surface area contributed by atoms with Crippen LogP contribution in [0.25, 0.3) is 0 Å². The number of likely N-dealkylation sites (tertiary alicyclic amines) is 1. The van der Waals surface area contributed by atoms with Gasteiger partial charge in [0.15, 0.2) is 0 Å². The first-order chi connectivity index (χ1) is 8.03. The Labute approximate surface area is 107 Å². The van der Waals surface area contributed by atoms with Crippen molar-refractivity contribution in [3.05, 3.63) is 0 Å². The van der Waals surface area contributed by atoms with E-state index in [-0.39, 0.29) is 0 Å². The molecule has 0 aromatic rings. The molecule has 2 fully saturated rings. The zero-order valence-corrected chi connectivity index (χ0v) is 11.8. The van der Waals surface area contributed by atoms with Crippen molar-refractivity contribution in [2.45, 2.75) is 33.6 Å². The molecule has 0 aromatic carbocycles. The van der Waals surface area contributed by atoms with Crippen molar-refractivity contribution >= 4 is 0 Å². The highest BCUT2D eigenvalue weighted by Gasteiger charge is 2.27. The summed E-state index contributed by atoms with van der Waals surface area (Å²) < 4.78 is 0. The van der Waals surface area contributed by atoms with Crippen LogP contribution in [0.15, 0.2) is 0 Å². The lowest BCUT2D eigenvalue weighted by molar-refractivity contribution is 0.133. The molecular formula is C14H29N3. The van der Waals surface area contributed by atoms with Crippen LogP contribution in [0, 0.1) is 11.3 Å². The molecule has 3 heteroatoms. The summed E-state index contributed by atoms with van der Waals surface area (Å²) in [7, 11) is 0. The van der Waals surface area contributed by atoms with Gasteiger partial charge >= 0.3 is 0 Å². The Morgan fingerprint density at radius 1 is 1.06 bits per heavy atom. The molecule has 100 valence electrons. The number of hydrogen-bond donors (Lipinski definition) is 1. The maximum atomic E-state index is 3.42. The molecular weight excluding hydrogens is 210 g/mol. The Morgan fingerprint density at radius 2 is 1.76 bits per heavy atom. The quantitative estimate of drug-likeness (QED) is 0.807. The standard InChI is InChI=1S/C14H29N3/c1-14(2,3)10-13-4-7-17(11-13)12-16-8-5-15-6-9-16/h13,15H,4-12H2,1-3H3. The number of nitrogens with zero attached hydrogens (tertiary/aromatic N) is 2. The van der Waals surface area contributed by atoms with Crippen molar-refractivity contribution in [2.24, 2.45) is 11.3 Å². The highest BCUT2D eigenvalue weighted by atomic mass is 15.3. The molecule has 1 atom stereocenters. The summed E-state index contributed by atoms with van der Waals surface area (Å²) in [4.78, 5) is 5.25. The Kier molecular flexibility index (Phi) is 4.45. The summed E-state index contributed by atoms with van der Waals surface area (Å²) in [6.07, 6.45) is 2.79. The third-order valence-corrected chi connectivity index (χ3v) is 3.88. The summed E-state index contributed by atoms with van der Waals surface area (Å²) in [5.41, 5.74) is 0.496. The van der Waals surface area contributed by atoms with E-state index in [9.17, 15) is 0 Å². The van der Waals surface area contributed by atoms with Crippen LogP contribution in [0.4, 0.5) is 0 Å². The van der Waals surface area contributed by atoms with Crippen LogP contribution in [-0.2, 0) is 0 Å². The lowest BCUT2D eigenvalue weighted by Gasteiger charge is -2.31. The molecule has 1 unspecified atom stereocenters. The van der Waals surface area contributed by atoms with Gasteiger partial charge in [0.2, 0.25) is 0 Å². The molecule has 0 bridgehead atoms. The fourth-order valence-electron chi connectivity index (χ4n) is 3.21. The monoisotopic (exact) mass is 239 g/mol.